The van der Waals surface area contributed by atoms with Gasteiger partial charge in [0, 0.05) is 5.56 Å². The van der Waals surface area contributed by atoms with Crippen LogP contribution in [0.25, 0.3) is 11.8 Å². The molecule has 168 valence electrons. The van der Waals surface area contributed by atoms with E-state index >= 15 is 0 Å². The molecule has 2 aliphatic rings. The molecule has 6 rings (SSSR count). The number of aromatic nitrogens is 1. The maximum absolute atomic E-state index is 13.7. The Kier molecular flexibility index (Phi) is 5.03. The first-order valence-electron chi connectivity index (χ1n) is 11.1. The molecule has 34 heavy (non-hydrogen) atoms. The molecular formula is C28H21FN2O2S. The number of benzene rings is 3. The number of fused-ring (bicyclic) bond motifs is 3. The fourth-order valence-electron chi connectivity index (χ4n) is 4.82. The van der Waals surface area contributed by atoms with Crippen molar-refractivity contribution in [1.29, 1.82) is 0 Å². The Hall–Kier alpha value is -3.77. The van der Waals surface area contributed by atoms with Gasteiger partial charge in [-0.3, -0.25) is 9.36 Å². The SMILES string of the molecule is COc1ccc([C@@H]2C3=C(N=c4s/c(=C/c5ccc(F)cc5)c(=O)n42)c2ccccc2CC3)cc1. The Balaban J connectivity index is 1.60. The highest BCUT2D eigenvalue weighted by molar-refractivity contribution is 7.07. The molecule has 0 amide bonds. The molecule has 0 radical (unpaired) electrons. The molecule has 1 aliphatic heterocycles. The molecule has 0 unspecified atom stereocenters. The zero-order valence-corrected chi connectivity index (χ0v) is 19.3. The molecule has 1 aromatic heterocycles. The number of aryl methyl sites for hydroxylation is 1. The van der Waals surface area contributed by atoms with Crippen molar-refractivity contribution in [2.75, 3.05) is 7.11 Å². The van der Waals surface area contributed by atoms with Crippen LogP contribution in [-0.4, -0.2) is 11.7 Å². The van der Waals surface area contributed by atoms with Gasteiger partial charge in [0.05, 0.1) is 23.4 Å². The van der Waals surface area contributed by atoms with Crippen LogP contribution in [0.15, 0.2) is 88.2 Å². The molecule has 1 aliphatic carbocycles. The summed E-state index contributed by atoms with van der Waals surface area (Å²) in [5.74, 6) is 0.472. The van der Waals surface area contributed by atoms with Gasteiger partial charge in [0.2, 0.25) is 0 Å². The molecular weight excluding hydrogens is 447 g/mol. The molecule has 0 spiro atoms. The summed E-state index contributed by atoms with van der Waals surface area (Å²) in [5, 5.41) is 0. The molecule has 0 fully saturated rings. The van der Waals surface area contributed by atoms with Crippen LogP contribution in [0.4, 0.5) is 4.39 Å². The van der Waals surface area contributed by atoms with E-state index in [2.05, 4.69) is 18.2 Å². The minimum absolute atomic E-state index is 0.0840. The number of hydrogen-bond donors (Lipinski definition) is 0. The van der Waals surface area contributed by atoms with Gasteiger partial charge in [-0.1, -0.05) is 59.9 Å². The van der Waals surface area contributed by atoms with E-state index in [9.17, 15) is 9.18 Å². The van der Waals surface area contributed by atoms with Crippen molar-refractivity contribution >= 4 is 23.1 Å². The fourth-order valence-corrected chi connectivity index (χ4v) is 5.82. The van der Waals surface area contributed by atoms with Crippen LogP contribution in [0.2, 0.25) is 0 Å². The highest BCUT2D eigenvalue weighted by Gasteiger charge is 2.32. The van der Waals surface area contributed by atoms with Gasteiger partial charge in [0.15, 0.2) is 4.80 Å². The lowest BCUT2D eigenvalue weighted by Gasteiger charge is -2.30. The van der Waals surface area contributed by atoms with Crippen LogP contribution in [0.3, 0.4) is 0 Å². The highest BCUT2D eigenvalue weighted by Crippen LogP contribution is 2.41. The summed E-state index contributed by atoms with van der Waals surface area (Å²) in [6.07, 6.45) is 3.57. The third kappa shape index (κ3) is 3.42. The Morgan fingerprint density at radius 3 is 2.56 bits per heavy atom. The van der Waals surface area contributed by atoms with Crippen LogP contribution in [0, 0.1) is 5.82 Å². The van der Waals surface area contributed by atoms with Crippen LogP contribution < -0.4 is 19.6 Å². The van der Waals surface area contributed by atoms with E-state index in [0.717, 1.165) is 46.6 Å². The summed E-state index contributed by atoms with van der Waals surface area (Å²) < 4.78 is 21.1. The normalized spacial score (nSPS) is 17.0. The summed E-state index contributed by atoms with van der Waals surface area (Å²) in [4.78, 5) is 19.4. The molecule has 0 saturated heterocycles. The van der Waals surface area contributed by atoms with Gasteiger partial charge in [0.1, 0.15) is 11.6 Å². The van der Waals surface area contributed by atoms with Crippen molar-refractivity contribution in [2.45, 2.75) is 18.9 Å². The van der Waals surface area contributed by atoms with Crippen LogP contribution >= 0.6 is 11.3 Å². The van der Waals surface area contributed by atoms with Crippen molar-refractivity contribution in [3.8, 4) is 5.75 Å². The lowest BCUT2D eigenvalue weighted by atomic mass is 9.83. The van der Waals surface area contributed by atoms with Gasteiger partial charge in [-0.2, -0.15) is 0 Å². The van der Waals surface area contributed by atoms with Crippen molar-refractivity contribution in [3.05, 3.63) is 126 Å². The molecule has 2 heterocycles. The van der Waals surface area contributed by atoms with Gasteiger partial charge in [-0.25, -0.2) is 9.38 Å². The minimum atomic E-state index is -0.301. The van der Waals surface area contributed by atoms with Gasteiger partial charge in [-0.15, -0.1) is 0 Å². The van der Waals surface area contributed by atoms with Crippen molar-refractivity contribution in [3.63, 3.8) is 0 Å². The maximum Gasteiger partial charge on any atom is 0.271 e. The summed E-state index contributed by atoms with van der Waals surface area (Å²) in [7, 11) is 1.65. The van der Waals surface area contributed by atoms with E-state index in [1.165, 1.54) is 29.0 Å². The van der Waals surface area contributed by atoms with Gasteiger partial charge in [0.25, 0.3) is 5.56 Å². The molecule has 0 bridgehead atoms. The number of ether oxygens (including phenoxy) is 1. The van der Waals surface area contributed by atoms with Crippen LogP contribution in [-0.2, 0) is 6.42 Å². The number of halogens is 1. The first-order valence-corrected chi connectivity index (χ1v) is 12.0. The third-order valence-corrected chi connectivity index (χ3v) is 7.46. The predicted octanol–water partition coefficient (Wildman–Crippen LogP) is 4.47. The van der Waals surface area contributed by atoms with E-state index < -0.39 is 0 Å². The summed E-state index contributed by atoms with van der Waals surface area (Å²) in [6, 6.07) is 22.2. The first kappa shape index (κ1) is 20.8. The zero-order chi connectivity index (χ0) is 23.2. The summed E-state index contributed by atoms with van der Waals surface area (Å²) in [6.45, 7) is 0. The minimum Gasteiger partial charge on any atom is -0.497 e. The first-order chi connectivity index (χ1) is 16.6. The largest absolute Gasteiger partial charge is 0.497 e. The Labute approximate surface area is 199 Å². The maximum atomic E-state index is 13.7. The topological polar surface area (TPSA) is 43.6 Å². The molecule has 3 aromatic carbocycles. The van der Waals surface area contributed by atoms with E-state index in [4.69, 9.17) is 9.73 Å². The highest BCUT2D eigenvalue weighted by atomic mass is 32.1. The number of nitrogens with zero attached hydrogens (tertiary/aromatic N) is 2. The lowest BCUT2D eigenvalue weighted by molar-refractivity contribution is 0.414. The third-order valence-electron chi connectivity index (χ3n) is 6.47. The van der Waals surface area contributed by atoms with E-state index in [1.54, 1.807) is 19.2 Å². The summed E-state index contributed by atoms with van der Waals surface area (Å²) in [5.41, 5.74) is 6.27. The van der Waals surface area contributed by atoms with E-state index in [-0.39, 0.29) is 17.4 Å². The average Bonchev–Trinajstić information content (AvgIpc) is 3.18. The number of hydrogen-bond acceptors (Lipinski definition) is 4. The van der Waals surface area contributed by atoms with Crippen LogP contribution in [0.5, 0.6) is 5.75 Å². The van der Waals surface area contributed by atoms with Crippen molar-refractivity contribution in [2.24, 2.45) is 4.99 Å². The molecule has 0 saturated carbocycles. The second-order valence-corrected chi connectivity index (χ2v) is 9.45. The van der Waals surface area contributed by atoms with Gasteiger partial charge >= 0.3 is 0 Å². The monoisotopic (exact) mass is 468 g/mol. The summed E-state index contributed by atoms with van der Waals surface area (Å²) >= 11 is 1.37. The van der Waals surface area contributed by atoms with E-state index in [1.807, 2.05) is 41.0 Å². The zero-order valence-electron chi connectivity index (χ0n) is 18.5. The quantitative estimate of drug-likeness (QED) is 0.446. The Morgan fingerprint density at radius 1 is 1.03 bits per heavy atom. The molecule has 6 heteroatoms. The van der Waals surface area contributed by atoms with Crippen molar-refractivity contribution < 1.29 is 9.13 Å². The molecule has 0 N–H and O–H groups in total. The molecule has 4 nitrogen and oxygen atoms in total. The number of thiazole rings is 1. The van der Waals surface area contributed by atoms with Gasteiger partial charge in [-0.05, 0) is 65.4 Å². The number of methoxy groups -OCH3 is 1. The van der Waals surface area contributed by atoms with Crippen molar-refractivity contribution in [1.82, 2.24) is 4.57 Å². The van der Waals surface area contributed by atoms with E-state index in [0.29, 0.717) is 9.33 Å². The second kappa shape index (κ2) is 8.22. The van der Waals surface area contributed by atoms with Gasteiger partial charge < -0.3 is 4.74 Å². The number of rotatable bonds is 3. The van der Waals surface area contributed by atoms with Crippen LogP contribution in [0.1, 0.15) is 34.7 Å². The fraction of sp³-hybridized carbons (Fsp3) is 0.143. The molecule has 4 aromatic rings. The standard InChI is InChI=1S/C28H21FN2O2S/c1-33-21-13-8-19(9-14-21)26-23-15-10-18-4-2-3-5-22(18)25(23)30-28-31(26)27(32)24(34-28)16-17-6-11-20(29)12-7-17/h2-9,11-14,16,26H,10,15H2,1H3/b24-16+/t26-/m1/s1. The number of allylic oxidation sites excluding steroid dienone is 1. The lowest BCUT2D eigenvalue weighted by Crippen LogP contribution is -2.38. The Morgan fingerprint density at radius 2 is 1.79 bits per heavy atom. The average molecular weight is 469 g/mol. The smallest absolute Gasteiger partial charge is 0.271 e. The second-order valence-electron chi connectivity index (χ2n) is 8.44. The Bertz CT molecular complexity index is 1610. The molecule has 1 atom stereocenters. The predicted molar refractivity (Wildman–Crippen MR) is 132 cm³/mol.